The third-order valence-electron chi connectivity index (χ3n) is 9.48. The quantitative estimate of drug-likeness (QED) is 0.113. The monoisotopic (exact) mass is 627 g/mol. The number of fused-ring (bicyclic) bond motifs is 6. The lowest BCUT2D eigenvalue weighted by Gasteiger charge is -2.19. The molecule has 0 saturated heterocycles. The van der Waals surface area contributed by atoms with Gasteiger partial charge in [-0.2, -0.15) is 5.10 Å². The maximum atomic E-state index is 7.12. The normalized spacial score (nSPS) is 14.0. The van der Waals surface area contributed by atoms with Gasteiger partial charge in [0.25, 0.3) is 0 Å². The van der Waals surface area contributed by atoms with Gasteiger partial charge >= 0.3 is 0 Å². The van der Waals surface area contributed by atoms with Crippen LogP contribution in [-0.4, -0.2) is 16.4 Å². The van der Waals surface area contributed by atoms with Crippen molar-refractivity contribution in [2.45, 2.75) is 0 Å². The molecule has 0 spiro atoms. The molecule has 0 aliphatic heterocycles. The molecule has 7 aromatic carbocycles. The van der Waals surface area contributed by atoms with Crippen LogP contribution in [0.5, 0.6) is 0 Å². The van der Waals surface area contributed by atoms with Crippen molar-refractivity contribution >= 4 is 71.3 Å². The number of hydrazone groups is 1. The summed E-state index contributed by atoms with van der Waals surface area (Å²) >= 11 is 0. The summed E-state index contributed by atoms with van der Waals surface area (Å²) in [6, 6.07) is 51.1. The fraction of sp³-hybridized carbons (Fsp3) is 0. The Bertz CT molecular complexity index is 2680. The molecular formula is C45H31N4+. The van der Waals surface area contributed by atoms with Gasteiger partial charge in [-0.1, -0.05) is 115 Å². The number of benzene rings is 7. The van der Waals surface area contributed by atoms with Crippen molar-refractivity contribution in [1.82, 2.24) is 4.98 Å². The minimum Gasteiger partial charge on any atom is -0.278 e. The number of hydrogen-bond donors (Lipinski definition) is 2. The molecule has 4 heteroatoms. The van der Waals surface area contributed by atoms with E-state index in [1.807, 2.05) is 24.4 Å². The highest BCUT2D eigenvalue weighted by molar-refractivity contribution is 6.62. The molecule has 3 N–H and O–H groups in total. The predicted molar refractivity (Wildman–Crippen MR) is 207 cm³/mol. The first-order valence-corrected chi connectivity index (χ1v) is 16.4. The SMILES string of the molecule is [NH2+]=C1C(c2cc3ccccc3c3ccccc23)=CC(c2cc3ccccc3c3ccccc23)=C/C1=N/Nc1ccc(-c2cccnc2)cc1. The lowest BCUT2D eigenvalue weighted by molar-refractivity contribution is -0.108. The summed E-state index contributed by atoms with van der Waals surface area (Å²) in [7, 11) is 0. The molecule has 1 aliphatic rings. The van der Waals surface area contributed by atoms with E-state index in [2.05, 4.69) is 150 Å². The molecule has 0 fully saturated rings. The minimum absolute atomic E-state index is 0.619. The van der Waals surface area contributed by atoms with E-state index in [1.54, 1.807) is 6.20 Å². The van der Waals surface area contributed by atoms with Crippen LogP contribution in [0.1, 0.15) is 11.1 Å². The first-order chi connectivity index (χ1) is 24.2. The second-order valence-corrected chi connectivity index (χ2v) is 12.4. The Balaban J connectivity index is 1.22. The molecule has 0 radical (unpaired) electrons. The number of hydrogen-bond acceptors (Lipinski definition) is 3. The lowest BCUT2D eigenvalue weighted by atomic mass is 9.83. The first kappa shape index (κ1) is 28.6. The summed E-state index contributed by atoms with van der Waals surface area (Å²) < 4.78 is 0. The molecule has 0 bridgehead atoms. The molecule has 230 valence electrons. The number of allylic oxidation sites excluding steroid dienone is 4. The molecule has 0 unspecified atom stereocenters. The number of nitrogens with two attached hydrogens (primary N) is 1. The lowest BCUT2D eigenvalue weighted by Crippen LogP contribution is -2.46. The summed E-state index contributed by atoms with van der Waals surface area (Å²) in [5.74, 6) is 0. The number of pyridine rings is 1. The van der Waals surface area contributed by atoms with Crippen molar-refractivity contribution in [3.05, 3.63) is 181 Å². The molecule has 9 rings (SSSR count). The second-order valence-electron chi connectivity index (χ2n) is 12.4. The molecule has 49 heavy (non-hydrogen) atoms. The van der Waals surface area contributed by atoms with Crippen molar-refractivity contribution in [1.29, 1.82) is 0 Å². The van der Waals surface area contributed by atoms with E-state index in [-0.39, 0.29) is 0 Å². The van der Waals surface area contributed by atoms with E-state index < -0.39 is 0 Å². The fourth-order valence-electron chi connectivity index (χ4n) is 7.07. The third kappa shape index (κ3) is 5.07. The highest BCUT2D eigenvalue weighted by atomic mass is 15.3. The van der Waals surface area contributed by atoms with Gasteiger partial charge in [0.2, 0.25) is 5.71 Å². The van der Waals surface area contributed by atoms with Crippen LogP contribution in [0.15, 0.2) is 175 Å². The largest absolute Gasteiger partial charge is 0.278 e. The van der Waals surface area contributed by atoms with Crippen LogP contribution in [0.25, 0.3) is 65.4 Å². The summed E-state index contributed by atoms with van der Waals surface area (Å²) in [4.78, 5) is 4.26. The molecule has 1 aliphatic carbocycles. The molecule has 0 saturated carbocycles. The molecule has 4 nitrogen and oxygen atoms in total. The van der Waals surface area contributed by atoms with Crippen LogP contribution < -0.4 is 10.8 Å². The molecular weight excluding hydrogens is 597 g/mol. The maximum Gasteiger partial charge on any atom is 0.232 e. The molecule has 1 heterocycles. The van der Waals surface area contributed by atoms with Crippen molar-refractivity contribution in [3.63, 3.8) is 0 Å². The van der Waals surface area contributed by atoms with Gasteiger partial charge in [-0.3, -0.25) is 15.8 Å². The van der Waals surface area contributed by atoms with Gasteiger partial charge in [0, 0.05) is 12.4 Å². The zero-order chi connectivity index (χ0) is 32.7. The highest BCUT2D eigenvalue weighted by Gasteiger charge is 2.27. The van der Waals surface area contributed by atoms with E-state index >= 15 is 0 Å². The summed E-state index contributed by atoms with van der Waals surface area (Å²) in [6.07, 6.45) is 8.00. The molecule has 0 amide bonds. The number of rotatable bonds is 5. The zero-order valence-corrected chi connectivity index (χ0v) is 26.6. The predicted octanol–water partition coefficient (Wildman–Crippen LogP) is 9.51. The van der Waals surface area contributed by atoms with Crippen LogP contribution >= 0.6 is 0 Å². The van der Waals surface area contributed by atoms with Gasteiger partial charge < -0.3 is 0 Å². The van der Waals surface area contributed by atoms with Gasteiger partial charge in [-0.15, -0.1) is 0 Å². The first-order valence-electron chi connectivity index (χ1n) is 16.4. The highest BCUT2D eigenvalue weighted by Crippen LogP contribution is 2.39. The topological polar surface area (TPSA) is 62.9 Å². The molecule has 8 aromatic rings. The Morgan fingerprint density at radius 1 is 0.510 bits per heavy atom. The Labute approximate surface area is 283 Å². The van der Waals surface area contributed by atoms with E-state index in [1.165, 1.54) is 37.7 Å². The van der Waals surface area contributed by atoms with Crippen molar-refractivity contribution in [2.75, 3.05) is 5.43 Å². The van der Waals surface area contributed by atoms with Crippen LogP contribution in [0, 0.1) is 0 Å². The Morgan fingerprint density at radius 2 is 1.08 bits per heavy atom. The van der Waals surface area contributed by atoms with Gasteiger partial charge in [0.15, 0.2) is 5.71 Å². The summed E-state index contributed by atoms with van der Waals surface area (Å²) in [6.45, 7) is 0. The smallest absolute Gasteiger partial charge is 0.232 e. The summed E-state index contributed by atoms with van der Waals surface area (Å²) in [5.41, 5.74) is 11.8. The Kier molecular flexibility index (Phi) is 6.91. The Hall–Kier alpha value is -6.65. The van der Waals surface area contributed by atoms with Crippen molar-refractivity contribution < 1.29 is 5.41 Å². The number of anilines is 1. The second kappa shape index (κ2) is 11.9. The Morgan fingerprint density at radius 3 is 1.71 bits per heavy atom. The molecule has 0 atom stereocenters. The summed E-state index contributed by atoms with van der Waals surface area (Å²) in [5, 5.41) is 21.6. The van der Waals surface area contributed by atoms with Crippen LogP contribution in [-0.2, 0) is 0 Å². The molecule has 1 aromatic heterocycles. The van der Waals surface area contributed by atoms with Crippen molar-refractivity contribution in [3.8, 4) is 11.1 Å². The van der Waals surface area contributed by atoms with Gasteiger partial charge in [-0.05, 0) is 113 Å². The van der Waals surface area contributed by atoms with E-state index in [0.717, 1.165) is 44.5 Å². The standard InChI is InChI=1S/C45H30N4/c46-45-43(42-25-31-11-2-4-14-36(31)38-16-6-8-18-40(38)42)26-33(41-24-30-10-1-3-13-35(30)37-15-5-7-17-39(37)41)27-44(45)49-48-34-21-19-29(20-22-34)32-12-9-23-47-28-32/h1-28,46,48H/p+1/b46-45?,49-44-. The number of nitrogens with one attached hydrogen (secondary N) is 1. The van der Waals surface area contributed by atoms with E-state index in [9.17, 15) is 0 Å². The number of nitrogens with zero attached hydrogens (tertiary/aromatic N) is 2. The fourth-order valence-corrected chi connectivity index (χ4v) is 7.07. The minimum atomic E-state index is 0.619. The van der Waals surface area contributed by atoms with Crippen LogP contribution in [0.3, 0.4) is 0 Å². The van der Waals surface area contributed by atoms with Gasteiger partial charge in [0.1, 0.15) is 0 Å². The zero-order valence-electron chi connectivity index (χ0n) is 26.6. The van der Waals surface area contributed by atoms with Gasteiger partial charge in [-0.25, -0.2) is 0 Å². The van der Waals surface area contributed by atoms with Crippen LogP contribution in [0.2, 0.25) is 0 Å². The third-order valence-corrected chi connectivity index (χ3v) is 9.48. The van der Waals surface area contributed by atoms with E-state index in [4.69, 9.17) is 10.5 Å². The maximum absolute atomic E-state index is 7.12. The average Bonchev–Trinajstić information content (AvgIpc) is 3.17. The number of aromatic nitrogens is 1. The van der Waals surface area contributed by atoms with Crippen molar-refractivity contribution in [2.24, 2.45) is 5.10 Å². The van der Waals surface area contributed by atoms with Gasteiger partial charge in [0.05, 0.1) is 11.3 Å². The van der Waals surface area contributed by atoms with Crippen LogP contribution in [0.4, 0.5) is 5.69 Å². The van der Waals surface area contributed by atoms with E-state index in [0.29, 0.717) is 11.4 Å². The average molecular weight is 628 g/mol.